The maximum absolute atomic E-state index is 12.5. The van der Waals surface area contributed by atoms with Gasteiger partial charge in [-0.1, -0.05) is 18.2 Å². The molecule has 3 rings (SSSR count). The van der Waals surface area contributed by atoms with Crippen LogP contribution in [0.15, 0.2) is 45.0 Å². The van der Waals surface area contributed by atoms with Crippen molar-refractivity contribution in [3.8, 4) is 10.8 Å². The zero-order valence-corrected chi connectivity index (χ0v) is 16.0. The van der Waals surface area contributed by atoms with Crippen molar-refractivity contribution in [3.05, 3.63) is 58.3 Å². The lowest BCUT2D eigenvalue weighted by molar-refractivity contribution is 0.539. The highest BCUT2D eigenvalue weighted by Gasteiger charge is 2.18. The van der Waals surface area contributed by atoms with Gasteiger partial charge in [0.25, 0.3) is 0 Å². The predicted molar refractivity (Wildman–Crippen MR) is 99.4 cm³/mol. The normalized spacial score (nSPS) is 11.8. The van der Waals surface area contributed by atoms with Gasteiger partial charge < -0.3 is 4.42 Å². The second-order valence-corrected chi connectivity index (χ2v) is 8.60. The molecule has 2 heterocycles. The third kappa shape index (κ3) is 4.00. The molecular formula is C18H20N2O3S2. The Balaban J connectivity index is 1.69. The molecule has 0 spiro atoms. The van der Waals surface area contributed by atoms with Gasteiger partial charge >= 0.3 is 0 Å². The molecule has 0 aliphatic rings. The SMILES string of the molecule is Cc1ccc(C)c(S(=O)(=O)NCCc2nc(-c3cccs3)oc2C)c1. The quantitative estimate of drug-likeness (QED) is 0.709. The fraction of sp³-hybridized carbons (Fsp3) is 0.278. The van der Waals surface area contributed by atoms with Gasteiger partial charge in [0.05, 0.1) is 15.5 Å². The molecule has 132 valence electrons. The number of benzene rings is 1. The van der Waals surface area contributed by atoms with Crippen LogP contribution in [0.25, 0.3) is 10.8 Å². The van der Waals surface area contributed by atoms with Crippen LogP contribution in [-0.4, -0.2) is 19.9 Å². The summed E-state index contributed by atoms with van der Waals surface area (Å²) >= 11 is 1.56. The molecule has 5 nitrogen and oxygen atoms in total. The third-order valence-corrected chi connectivity index (χ3v) is 6.37. The third-order valence-electron chi connectivity index (χ3n) is 3.91. The number of thiophene rings is 1. The Labute approximate surface area is 151 Å². The van der Waals surface area contributed by atoms with Crippen molar-refractivity contribution in [1.82, 2.24) is 9.71 Å². The number of aryl methyl sites for hydroxylation is 3. The van der Waals surface area contributed by atoms with E-state index in [1.807, 2.05) is 43.5 Å². The molecule has 0 amide bonds. The largest absolute Gasteiger partial charge is 0.440 e. The summed E-state index contributed by atoms with van der Waals surface area (Å²) in [6, 6.07) is 9.30. The summed E-state index contributed by atoms with van der Waals surface area (Å²) in [5.41, 5.74) is 2.42. The minimum absolute atomic E-state index is 0.271. The van der Waals surface area contributed by atoms with Crippen LogP contribution in [0.2, 0.25) is 0 Å². The summed E-state index contributed by atoms with van der Waals surface area (Å²) in [7, 11) is -3.54. The van der Waals surface area contributed by atoms with Gasteiger partial charge in [0.15, 0.2) is 0 Å². The van der Waals surface area contributed by atoms with Crippen LogP contribution in [0.1, 0.15) is 22.6 Å². The zero-order chi connectivity index (χ0) is 18.0. The van der Waals surface area contributed by atoms with Crippen LogP contribution < -0.4 is 4.72 Å². The molecule has 0 atom stereocenters. The lowest BCUT2D eigenvalue weighted by Gasteiger charge is -2.09. The first-order chi connectivity index (χ1) is 11.9. The van der Waals surface area contributed by atoms with E-state index >= 15 is 0 Å². The molecular weight excluding hydrogens is 356 g/mol. The minimum atomic E-state index is -3.54. The van der Waals surface area contributed by atoms with Crippen LogP contribution in [0, 0.1) is 20.8 Å². The summed E-state index contributed by atoms with van der Waals surface area (Å²) in [6.07, 6.45) is 0.477. The molecule has 0 aliphatic carbocycles. The molecule has 0 fully saturated rings. The van der Waals surface area contributed by atoms with Crippen molar-refractivity contribution in [2.24, 2.45) is 0 Å². The van der Waals surface area contributed by atoms with E-state index in [2.05, 4.69) is 9.71 Å². The molecule has 0 unspecified atom stereocenters. The summed E-state index contributed by atoms with van der Waals surface area (Å²) in [4.78, 5) is 5.77. The van der Waals surface area contributed by atoms with Crippen molar-refractivity contribution in [3.63, 3.8) is 0 Å². The van der Waals surface area contributed by atoms with Gasteiger partial charge in [-0.25, -0.2) is 18.1 Å². The van der Waals surface area contributed by atoms with E-state index < -0.39 is 10.0 Å². The van der Waals surface area contributed by atoms with E-state index in [4.69, 9.17) is 4.42 Å². The van der Waals surface area contributed by atoms with Gasteiger partial charge in [-0.3, -0.25) is 0 Å². The Bertz CT molecular complexity index is 974. The molecule has 0 saturated carbocycles. The zero-order valence-electron chi connectivity index (χ0n) is 14.4. The number of hydrogen-bond donors (Lipinski definition) is 1. The highest BCUT2D eigenvalue weighted by molar-refractivity contribution is 7.89. The molecule has 0 saturated heterocycles. The second kappa shape index (κ2) is 7.11. The van der Waals surface area contributed by atoms with Gasteiger partial charge in [-0.05, 0) is 49.4 Å². The Morgan fingerprint density at radius 3 is 2.72 bits per heavy atom. The molecule has 1 N–H and O–H groups in total. The summed E-state index contributed by atoms with van der Waals surface area (Å²) in [5.74, 6) is 1.30. The van der Waals surface area contributed by atoms with Gasteiger partial charge in [0.1, 0.15) is 5.76 Å². The van der Waals surface area contributed by atoms with Gasteiger partial charge in [0.2, 0.25) is 15.9 Å². The maximum atomic E-state index is 12.5. The summed E-state index contributed by atoms with van der Waals surface area (Å²) < 4.78 is 33.4. The van der Waals surface area contributed by atoms with Crippen LogP contribution in [-0.2, 0) is 16.4 Å². The van der Waals surface area contributed by atoms with Crippen LogP contribution >= 0.6 is 11.3 Å². The Morgan fingerprint density at radius 2 is 2.00 bits per heavy atom. The first-order valence-corrected chi connectivity index (χ1v) is 10.3. The Kier molecular flexibility index (Phi) is 5.08. The lowest BCUT2D eigenvalue weighted by Crippen LogP contribution is -2.27. The molecule has 3 aromatic rings. The molecule has 2 aromatic heterocycles. The van der Waals surface area contributed by atoms with E-state index in [9.17, 15) is 8.42 Å². The molecule has 25 heavy (non-hydrogen) atoms. The van der Waals surface area contributed by atoms with E-state index in [0.29, 0.717) is 23.0 Å². The van der Waals surface area contributed by atoms with Crippen LogP contribution in [0.3, 0.4) is 0 Å². The fourth-order valence-electron chi connectivity index (χ4n) is 2.54. The number of rotatable bonds is 6. The number of aromatic nitrogens is 1. The van der Waals surface area contributed by atoms with Gasteiger partial charge in [0, 0.05) is 13.0 Å². The van der Waals surface area contributed by atoms with Gasteiger partial charge in [-0.2, -0.15) is 0 Å². The smallest absolute Gasteiger partial charge is 0.240 e. The van der Waals surface area contributed by atoms with E-state index in [-0.39, 0.29) is 6.54 Å². The molecule has 1 aromatic carbocycles. The number of nitrogens with zero attached hydrogens (tertiary/aromatic N) is 1. The monoisotopic (exact) mass is 376 g/mol. The number of hydrogen-bond acceptors (Lipinski definition) is 5. The molecule has 0 aliphatic heterocycles. The predicted octanol–water partition coefficient (Wildman–Crippen LogP) is 3.85. The van der Waals surface area contributed by atoms with Crippen molar-refractivity contribution in [1.29, 1.82) is 0 Å². The standard InChI is InChI=1S/C18H20N2O3S2/c1-12-6-7-13(2)17(11-12)25(21,22)19-9-8-15-14(3)23-18(20-15)16-5-4-10-24-16/h4-7,10-11,19H,8-9H2,1-3H3. The molecule has 0 bridgehead atoms. The topological polar surface area (TPSA) is 72.2 Å². The Morgan fingerprint density at radius 1 is 1.20 bits per heavy atom. The first-order valence-electron chi connectivity index (χ1n) is 7.94. The van der Waals surface area contributed by atoms with Crippen molar-refractivity contribution in [2.45, 2.75) is 32.1 Å². The number of sulfonamides is 1. The second-order valence-electron chi connectivity index (χ2n) is 5.92. The lowest BCUT2D eigenvalue weighted by atomic mass is 10.2. The molecule has 7 heteroatoms. The number of nitrogens with one attached hydrogen (secondary N) is 1. The maximum Gasteiger partial charge on any atom is 0.240 e. The molecule has 0 radical (unpaired) electrons. The van der Waals surface area contributed by atoms with E-state index in [1.165, 1.54) is 0 Å². The average molecular weight is 377 g/mol. The van der Waals surface area contributed by atoms with Crippen LogP contribution in [0.5, 0.6) is 0 Å². The first kappa shape index (κ1) is 17.8. The van der Waals surface area contributed by atoms with Crippen molar-refractivity contribution < 1.29 is 12.8 Å². The van der Waals surface area contributed by atoms with E-state index in [1.54, 1.807) is 24.3 Å². The number of oxazole rings is 1. The highest BCUT2D eigenvalue weighted by atomic mass is 32.2. The van der Waals surface area contributed by atoms with Gasteiger partial charge in [-0.15, -0.1) is 11.3 Å². The highest BCUT2D eigenvalue weighted by Crippen LogP contribution is 2.26. The minimum Gasteiger partial charge on any atom is -0.440 e. The summed E-state index contributed by atoms with van der Waals surface area (Å²) in [5, 5.41) is 1.97. The van der Waals surface area contributed by atoms with E-state index in [0.717, 1.165) is 21.7 Å². The van der Waals surface area contributed by atoms with Crippen LogP contribution in [0.4, 0.5) is 0 Å². The van der Waals surface area contributed by atoms with Crippen molar-refractivity contribution >= 4 is 21.4 Å². The Hall–Kier alpha value is -1.96. The van der Waals surface area contributed by atoms with Crippen molar-refractivity contribution in [2.75, 3.05) is 6.54 Å². The fourth-order valence-corrected chi connectivity index (χ4v) is 4.55. The average Bonchev–Trinajstić information content (AvgIpc) is 3.20. The summed E-state index contributed by atoms with van der Waals surface area (Å²) in [6.45, 7) is 5.79.